The van der Waals surface area contributed by atoms with Crippen LogP contribution in [0.15, 0.2) is 30.3 Å². The van der Waals surface area contributed by atoms with Crippen LogP contribution in [0.1, 0.15) is 44.0 Å². The zero-order chi connectivity index (χ0) is 13.5. The van der Waals surface area contributed by atoms with E-state index < -0.39 is 0 Å². The molecule has 3 heteroatoms. The van der Waals surface area contributed by atoms with Crippen molar-refractivity contribution in [3.05, 3.63) is 35.9 Å². The van der Waals surface area contributed by atoms with Crippen LogP contribution < -0.4 is 0 Å². The van der Waals surface area contributed by atoms with E-state index in [-0.39, 0.29) is 17.7 Å². The summed E-state index contributed by atoms with van der Waals surface area (Å²) in [7, 11) is 0. The number of hydrogen-bond donors (Lipinski definition) is 0. The molecule has 0 spiro atoms. The summed E-state index contributed by atoms with van der Waals surface area (Å²) in [5.74, 6) is 0.208. The fraction of sp³-hybridized carbons (Fsp3) is 0.467. The summed E-state index contributed by atoms with van der Waals surface area (Å²) >= 11 is 0. The molecule has 3 nitrogen and oxygen atoms in total. The third kappa shape index (κ3) is 4.32. The lowest BCUT2D eigenvalue weighted by molar-refractivity contribution is -0.130. The van der Waals surface area contributed by atoms with Crippen LogP contribution in [-0.2, 0) is 4.79 Å². The Morgan fingerprint density at radius 2 is 1.78 bits per heavy atom. The Kier molecular flexibility index (Phi) is 5.56. The smallest absolute Gasteiger partial charge is 0.219 e. The number of amides is 1. The van der Waals surface area contributed by atoms with E-state index in [1.807, 2.05) is 44.2 Å². The molecule has 18 heavy (non-hydrogen) atoms. The lowest BCUT2D eigenvalue weighted by Gasteiger charge is -2.25. The highest BCUT2D eigenvalue weighted by molar-refractivity contribution is 5.95. The van der Waals surface area contributed by atoms with Crippen molar-refractivity contribution >= 4 is 11.7 Å². The van der Waals surface area contributed by atoms with E-state index in [2.05, 4.69) is 0 Å². The van der Waals surface area contributed by atoms with Crippen molar-refractivity contribution in [2.75, 3.05) is 6.54 Å². The summed E-state index contributed by atoms with van der Waals surface area (Å²) < 4.78 is 0. The molecular weight excluding hydrogens is 226 g/mol. The molecule has 0 aliphatic rings. The number of benzene rings is 1. The first-order valence-electron chi connectivity index (χ1n) is 6.38. The van der Waals surface area contributed by atoms with Crippen molar-refractivity contribution in [3.63, 3.8) is 0 Å². The molecule has 1 aromatic rings. The van der Waals surface area contributed by atoms with E-state index in [0.29, 0.717) is 19.4 Å². The van der Waals surface area contributed by atoms with Gasteiger partial charge in [0.25, 0.3) is 0 Å². The van der Waals surface area contributed by atoms with Gasteiger partial charge in [-0.15, -0.1) is 0 Å². The van der Waals surface area contributed by atoms with Crippen LogP contribution in [-0.4, -0.2) is 29.2 Å². The quantitative estimate of drug-likeness (QED) is 0.725. The van der Waals surface area contributed by atoms with Crippen molar-refractivity contribution in [2.24, 2.45) is 0 Å². The molecule has 0 aromatic heterocycles. The number of rotatable bonds is 6. The lowest BCUT2D eigenvalue weighted by Crippen LogP contribution is -2.36. The average molecular weight is 247 g/mol. The van der Waals surface area contributed by atoms with Crippen molar-refractivity contribution in [3.8, 4) is 0 Å². The number of hydrogen-bond acceptors (Lipinski definition) is 2. The summed E-state index contributed by atoms with van der Waals surface area (Å²) in [5, 5.41) is 0. The molecule has 0 aliphatic carbocycles. The fourth-order valence-corrected chi connectivity index (χ4v) is 1.96. The average Bonchev–Trinajstić information content (AvgIpc) is 2.34. The minimum absolute atomic E-state index is 0.0668. The highest BCUT2D eigenvalue weighted by atomic mass is 16.2. The largest absolute Gasteiger partial charge is 0.341 e. The normalized spacial score (nSPS) is 10.4. The molecule has 0 unspecified atom stereocenters. The van der Waals surface area contributed by atoms with Gasteiger partial charge in [0.05, 0.1) is 0 Å². The van der Waals surface area contributed by atoms with Gasteiger partial charge in [0.15, 0.2) is 5.78 Å². The van der Waals surface area contributed by atoms with Gasteiger partial charge in [0.1, 0.15) is 0 Å². The topological polar surface area (TPSA) is 37.4 Å². The molecule has 98 valence electrons. The third-order valence-electron chi connectivity index (χ3n) is 2.93. The predicted octanol–water partition coefficient (Wildman–Crippen LogP) is 2.91. The number of Topliss-reactive ketones (excluding diaryl/α,β-unsaturated/α-hetero) is 1. The molecule has 1 amide bonds. The van der Waals surface area contributed by atoms with Gasteiger partial charge < -0.3 is 4.90 Å². The second-order valence-corrected chi connectivity index (χ2v) is 4.70. The van der Waals surface area contributed by atoms with Gasteiger partial charge in [-0.2, -0.15) is 0 Å². The molecular formula is C15H21NO2. The zero-order valence-corrected chi connectivity index (χ0v) is 11.3. The highest BCUT2D eigenvalue weighted by Crippen LogP contribution is 2.07. The molecule has 1 aromatic carbocycles. The number of nitrogens with zero attached hydrogens (tertiary/aromatic N) is 1. The van der Waals surface area contributed by atoms with E-state index in [4.69, 9.17) is 0 Å². The molecule has 0 radical (unpaired) electrons. The molecule has 0 atom stereocenters. The Hall–Kier alpha value is -1.64. The Morgan fingerprint density at radius 1 is 1.17 bits per heavy atom. The first-order valence-corrected chi connectivity index (χ1v) is 6.38. The maximum Gasteiger partial charge on any atom is 0.219 e. The van der Waals surface area contributed by atoms with Crippen molar-refractivity contribution in [1.29, 1.82) is 0 Å². The Balaban J connectivity index is 2.42. The number of ketones is 1. The summed E-state index contributed by atoms with van der Waals surface area (Å²) in [4.78, 5) is 25.0. The Bertz CT molecular complexity index is 398. The van der Waals surface area contributed by atoms with E-state index >= 15 is 0 Å². The fourth-order valence-electron chi connectivity index (χ4n) is 1.96. The van der Waals surface area contributed by atoms with Gasteiger partial charge in [0.2, 0.25) is 5.91 Å². The zero-order valence-electron chi connectivity index (χ0n) is 11.3. The maximum atomic E-state index is 11.9. The van der Waals surface area contributed by atoms with Crippen LogP contribution >= 0.6 is 0 Å². The van der Waals surface area contributed by atoms with E-state index in [9.17, 15) is 9.59 Å². The van der Waals surface area contributed by atoms with Gasteiger partial charge in [-0.25, -0.2) is 0 Å². The van der Waals surface area contributed by atoms with Crippen LogP contribution in [0.2, 0.25) is 0 Å². The minimum Gasteiger partial charge on any atom is -0.341 e. The second kappa shape index (κ2) is 6.94. The van der Waals surface area contributed by atoms with Gasteiger partial charge in [-0.3, -0.25) is 9.59 Å². The van der Waals surface area contributed by atoms with Crippen LogP contribution in [0.5, 0.6) is 0 Å². The predicted molar refractivity (Wildman–Crippen MR) is 72.5 cm³/mol. The lowest BCUT2D eigenvalue weighted by atomic mass is 10.1. The van der Waals surface area contributed by atoms with Crippen molar-refractivity contribution in [1.82, 2.24) is 4.90 Å². The first kappa shape index (κ1) is 14.4. The molecule has 0 fully saturated rings. The van der Waals surface area contributed by atoms with Crippen LogP contribution in [0.3, 0.4) is 0 Å². The first-order chi connectivity index (χ1) is 8.52. The Labute approximate surface area is 109 Å². The van der Waals surface area contributed by atoms with Crippen LogP contribution in [0, 0.1) is 0 Å². The van der Waals surface area contributed by atoms with Crippen LogP contribution in [0.25, 0.3) is 0 Å². The molecule has 0 aliphatic heterocycles. The third-order valence-corrected chi connectivity index (χ3v) is 2.93. The Morgan fingerprint density at radius 3 is 2.28 bits per heavy atom. The summed E-state index contributed by atoms with van der Waals surface area (Å²) in [5.41, 5.74) is 0.747. The van der Waals surface area contributed by atoms with E-state index in [1.54, 1.807) is 11.8 Å². The SMILES string of the molecule is CC(=O)N(CCCC(=O)c1ccccc1)C(C)C. The summed E-state index contributed by atoms with van der Waals surface area (Å²) in [6.07, 6.45) is 1.20. The molecule has 0 N–H and O–H groups in total. The van der Waals surface area contributed by atoms with Crippen LogP contribution in [0.4, 0.5) is 0 Å². The standard InChI is InChI=1S/C15H21NO2/c1-12(2)16(13(3)17)11-7-10-15(18)14-8-5-4-6-9-14/h4-6,8-9,12H,7,10-11H2,1-3H3. The highest BCUT2D eigenvalue weighted by Gasteiger charge is 2.13. The molecule has 1 rings (SSSR count). The van der Waals surface area contributed by atoms with E-state index in [0.717, 1.165) is 5.56 Å². The van der Waals surface area contributed by atoms with E-state index in [1.165, 1.54) is 0 Å². The van der Waals surface area contributed by atoms with Gasteiger partial charge in [-0.05, 0) is 20.3 Å². The molecule has 0 heterocycles. The number of carbonyl (C=O) groups excluding carboxylic acids is 2. The minimum atomic E-state index is 0.0668. The molecule has 0 bridgehead atoms. The summed E-state index contributed by atoms with van der Waals surface area (Å²) in [6, 6.07) is 9.47. The van der Waals surface area contributed by atoms with Crippen molar-refractivity contribution in [2.45, 2.75) is 39.7 Å². The van der Waals surface area contributed by atoms with Crippen molar-refractivity contribution < 1.29 is 9.59 Å². The monoisotopic (exact) mass is 247 g/mol. The summed E-state index contributed by atoms with van der Waals surface area (Å²) in [6.45, 7) is 6.19. The molecule has 0 saturated heterocycles. The van der Waals surface area contributed by atoms with Gasteiger partial charge in [-0.1, -0.05) is 30.3 Å². The second-order valence-electron chi connectivity index (χ2n) is 4.70. The number of carbonyl (C=O) groups is 2. The van der Waals surface area contributed by atoms with Gasteiger partial charge >= 0.3 is 0 Å². The maximum absolute atomic E-state index is 11.9. The van der Waals surface area contributed by atoms with Gasteiger partial charge in [0, 0.05) is 31.5 Å². The molecule has 0 saturated carbocycles.